The van der Waals surface area contributed by atoms with E-state index < -0.39 is 11.7 Å². The van der Waals surface area contributed by atoms with Crippen LogP contribution in [0, 0.1) is 5.92 Å². The molecule has 1 amide bonds. The lowest BCUT2D eigenvalue weighted by molar-refractivity contribution is -0.137. The van der Waals surface area contributed by atoms with Gasteiger partial charge in [0.1, 0.15) is 0 Å². The first-order valence-electron chi connectivity index (χ1n) is 6.21. The molecule has 1 aliphatic carbocycles. The van der Waals surface area contributed by atoms with E-state index in [4.69, 9.17) is 17.3 Å². The zero-order valence-corrected chi connectivity index (χ0v) is 11.3. The van der Waals surface area contributed by atoms with E-state index >= 15 is 0 Å². The summed E-state index contributed by atoms with van der Waals surface area (Å²) in [5.41, 5.74) is 4.94. The molecule has 2 rings (SSSR count). The molecule has 1 fully saturated rings. The van der Waals surface area contributed by atoms with Gasteiger partial charge in [-0.15, -0.1) is 0 Å². The zero-order chi connectivity index (χ0) is 14.9. The van der Waals surface area contributed by atoms with Gasteiger partial charge < -0.3 is 11.1 Å². The van der Waals surface area contributed by atoms with Crippen LogP contribution in [-0.4, -0.2) is 11.9 Å². The second kappa shape index (κ2) is 5.61. The molecule has 0 bridgehead atoms. The Labute approximate surface area is 119 Å². The van der Waals surface area contributed by atoms with Crippen LogP contribution in [0.5, 0.6) is 0 Å². The number of halogens is 4. The van der Waals surface area contributed by atoms with Gasteiger partial charge >= 0.3 is 6.18 Å². The molecule has 3 nitrogen and oxygen atoms in total. The minimum absolute atomic E-state index is 0.0360. The van der Waals surface area contributed by atoms with Gasteiger partial charge in [-0.25, -0.2) is 0 Å². The molecule has 1 saturated carbocycles. The normalized spacial score (nSPS) is 22.9. The van der Waals surface area contributed by atoms with Gasteiger partial charge in [-0.3, -0.25) is 4.79 Å². The number of benzene rings is 1. The van der Waals surface area contributed by atoms with Crippen molar-refractivity contribution in [1.29, 1.82) is 0 Å². The Morgan fingerprint density at radius 3 is 2.55 bits per heavy atom. The Morgan fingerprint density at radius 1 is 1.30 bits per heavy atom. The maximum atomic E-state index is 12.7. The highest BCUT2D eigenvalue weighted by Crippen LogP contribution is 2.33. The fourth-order valence-electron chi connectivity index (χ4n) is 2.37. The highest BCUT2D eigenvalue weighted by Gasteiger charge is 2.33. The Balaban J connectivity index is 2.17. The van der Waals surface area contributed by atoms with Gasteiger partial charge in [-0.05, 0) is 31.0 Å². The summed E-state index contributed by atoms with van der Waals surface area (Å²) in [4.78, 5) is 12.0. The van der Waals surface area contributed by atoms with Crippen LogP contribution < -0.4 is 11.1 Å². The first-order chi connectivity index (χ1) is 9.27. The van der Waals surface area contributed by atoms with Crippen LogP contribution in [-0.2, 0) is 11.0 Å². The predicted octanol–water partition coefficient (Wildman–Crippen LogP) is 3.42. The predicted molar refractivity (Wildman–Crippen MR) is 70.4 cm³/mol. The molecule has 0 aliphatic heterocycles. The quantitative estimate of drug-likeness (QED) is 0.879. The van der Waals surface area contributed by atoms with Crippen molar-refractivity contribution in [2.24, 2.45) is 11.7 Å². The van der Waals surface area contributed by atoms with Gasteiger partial charge in [0.15, 0.2) is 0 Å². The highest BCUT2D eigenvalue weighted by molar-refractivity contribution is 6.31. The lowest BCUT2D eigenvalue weighted by Crippen LogP contribution is -2.34. The molecule has 0 saturated heterocycles. The summed E-state index contributed by atoms with van der Waals surface area (Å²) < 4.78 is 38.0. The fraction of sp³-hybridized carbons (Fsp3) is 0.462. The third kappa shape index (κ3) is 3.43. The van der Waals surface area contributed by atoms with Gasteiger partial charge in [-0.1, -0.05) is 18.0 Å². The SMILES string of the molecule is NC1CCCC1C(=O)Nc1cc(Cl)cc(C(F)(F)F)c1. The summed E-state index contributed by atoms with van der Waals surface area (Å²) in [6.07, 6.45) is -2.25. The lowest BCUT2D eigenvalue weighted by Gasteiger charge is -2.16. The monoisotopic (exact) mass is 306 g/mol. The van der Waals surface area contributed by atoms with E-state index in [2.05, 4.69) is 5.32 Å². The number of carbonyl (C=O) groups excluding carboxylic acids is 1. The van der Waals surface area contributed by atoms with E-state index in [1.165, 1.54) is 6.07 Å². The van der Waals surface area contributed by atoms with E-state index in [1.807, 2.05) is 0 Å². The minimum atomic E-state index is -4.51. The molecule has 2 unspecified atom stereocenters. The number of amides is 1. The largest absolute Gasteiger partial charge is 0.416 e. The van der Waals surface area contributed by atoms with E-state index in [-0.39, 0.29) is 28.6 Å². The fourth-order valence-corrected chi connectivity index (χ4v) is 2.61. The van der Waals surface area contributed by atoms with Crippen molar-refractivity contribution >= 4 is 23.2 Å². The lowest BCUT2D eigenvalue weighted by atomic mass is 10.0. The van der Waals surface area contributed by atoms with Crippen molar-refractivity contribution in [3.8, 4) is 0 Å². The summed E-state index contributed by atoms with van der Waals surface area (Å²) in [7, 11) is 0. The van der Waals surface area contributed by atoms with Crippen molar-refractivity contribution in [2.45, 2.75) is 31.5 Å². The second-order valence-corrected chi connectivity index (χ2v) is 5.35. The van der Waals surface area contributed by atoms with E-state index in [0.29, 0.717) is 6.42 Å². The summed E-state index contributed by atoms with van der Waals surface area (Å²) in [5.74, 6) is -0.714. The van der Waals surface area contributed by atoms with Crippen molar-refractivity contribution in [2.75, 3.05) is 5.32 Å². The molecular weight excluding hydrogens is 293 g/mol. The van der Waals surface area contributed by atoms with Crippen LogP contribution in [0.3, 0.4) is 0 Å². The topological polar surface area (TPSA) is 55.1 Å². The summed E-state index contributed by atoms with van der Waals surface area (Å²) >= 11 is 5.65. The first-order valence-corrected chi connectivity index (χ1v) is 6.59. The number of hydrogen-bond donors (Lipinski definition) is 2. The Hall–Kier alpha value is -1.27. The van der Waals surface area contributed by atoms with Crippen LogP contribution >= 0.6 is 11.6 Å². The third-order valence-electron chi connectivity index (χ3n) is 3.40. The zero-order valence-electron chi connectivity index (χ0n) is 10.5. The van der Waals surface area contributed by atoms with Crippen molar-refractivity contribution in [1.82, 2.24) is 0 Å². The maximum Gasteiger partial charge on any atom is 0.416 e. The smallest absolute Gasteiger partial charge is 0.327 e. The number of hydrogen-bond acceptors (Lipinski definition) is 2. The first kappa shape index (κ1) is 15.1. The molecule has 0 spiro atoms. The molecule has 110 valence electrons. The van der Waals surface area contributed by atoms with Gasteiger partial charge in [0.05, 0.1) is 11.5 Å². The molecule has 0 heterocycles. The van der Waals surface area contributed by atoms with Crippen LogP contribution in [0.4, 0.5) is 18.9 Å². The van der Waals surface area contributed by atoms with Crippen LogP contribution in [0.2, 0.25) is 5.02 Å². The average molecular weight is 307 g/mol. The van der Waals surface area contributed by atoms with E-state index in [9.17, 15) is 18.0 Å². The molecule has 7 heteroatoms. The molecule has 0 aromatic heterocycles. The van der Waals surface area contributed by atoms with Gasteiger partial charge in [-0.2, -0.15) is 13.2 Å². The molecular formula is C13H14ClF3N2O. The van der Waals surface area contributed by atoms with Gasteiger partial charge in [0, 0.05) is 16.8 Å². The summed E-state index contributed by atoms with van der Waals surface area (Å²) in [5, 5.41) is 2.39. The number of alkyl halides is 3. The Morgan fingerprint density at radius 2 is 2.00 bits per heavy atom. The van der Waals surface area contributed by atoms with E-state index in [0.717, 1.165) is 25.0 Å². The average Bonchev–Trinajstić information content (AvgIpc) is 2.73. The van der Waals surface area contributed by atoms with Gasteiger partial charge in [0.2, 0.25) is 5.91 Å². The number of carbonyl (C=O) groups is 1. The highest BCUT2D eigenvalue weighted by atomic mass is 35.5. The summed E-state index contributed by atoms with van der Waals surface area (Å²) in [6, 6.07) is 2.73. The molecule has 1 aliphatic rings. The van der Waals surface area contributed by atoms with Crippen molar-refractivity contribution in [3.05, 3.63) is 28.8 Å². The standard InChI is InChI=1S/C13H14ClF3N2O/c14-8-4-7(13(15,16)17)5-9(6-8)19-12(20)10-2-1-3-11(10)18/h4-6,10-11H,1-3,18H2,(H,19,20). The second-order valence-electron chi connectivity index (χ2n) is 4.92. The van der Waals surface area contributed by atoms with Crippen LogP contribution in [0.15, 0.2) is 18.2 Å². The van der Waals surface area contributed by atoms with Crippen LogP contribution in [0.1, 0.15) is 24.8 Å². The molecule has 1 aromatic carbocycles. The minimum Gasteiger partial charge on any atom is -0.327 e. The Kier molecular flexibility index (Phi) is 4.25. The van der Waals surface area contributed by atoms with Gasteiger partial charge in [0.25, 0.3) is 0 Å². The maximum absolute atomic E-state index is 12.7. The number of anilines is 1. The molecule has 1 aromatic rings. The van der Waals surface area contributed by atoms with Crippen LogP contribution in [0.25, 0.3) is 0 Å². The van der Waals surface area contributed by atoms with Crippen molar-refractivity contribution < 1.29 is 18.0 Å². The number of nitrogens with one attached hydrogen (secondary N) is 1. The molecule has 0 radical (unpaired) electrons. The summed E-state index contributed by atoms with van der Waals surface area (Å²) in [6.45, 7) is 0. The van der Waals surface area contributed by atoms with Crippen molar-refractivity contribution in [3.63, 3.8) is 0 Å². The molecule has 2 atom stereocenters. The Bertz CT molecular complexity index is 519. The molecule has 20 heavy (non-hydrogen) atoms. The third-order valence-corrected chi connectivity index (χ3v) is 3.62. The number of nitrogens with two attached hydrogens (primary N) is 1. The van der Waals surface area contributed by atoms with E-state index in [1.54, 1.807) is 0 Å². The number of rotatable bonds is 2. The molecule has 3 N–H and O–H groups in total.